The second-order valence-corrected chi connectivity index (χ2v) is 6.44. The molecule has 0 saturated carbocycles. The molecule has 1 atom stereocenters. The van der Waals surface area contributed by atoms with Crippen LogP contribution in [0.4, 0.5) is 0 Å². The van der Waals surface area contributed by atoms with Crippen LogP contribution in [0.2, 0.25) is 0 Å². The van der Waals surface area contributed by atoms with E-state index in [2.05, 4.69) is 16.9 Å². The van der Waals surface area contributed by atoms with Crippen molar-refractivity contribution < 1.29 is 4.79 Å². The molecular formula is C14H19N3OS. The van der Waals surface area contributed by atoms with Crippen LogP contribution in [0, 0.1) is 0 Å². The summed E-state index contributed by atoms with van der Waals surface area (Å²) in [5.41, 5.74) is 1.73. The molecule has 2 heterocycles. The summed E-state index contributed by atoms with van der Waals surface area (Å²) in [5.74, 6) is 3.33. The van der Waals surface area contributed by atoms with Crippen molar-refractivity contribution in [3.63, 3.8) is 0 Å². The molecule has 1 aromatic heterocycles. The number of Topliss-reactive ketones (excluding diaryl/α,β-unsaturated/α-hetero) is 1. The molecular weight excluding hydrogens is 258 g/mol. The molecule has 1 saturated heterocycles. The number of rotatable bonds is 1. The van der Waals surface area contributed by atoms with Crippen molar-refractivity contribution in [2.75, 3.05) is 25.1 Å². The predicted molar refractivity (Wildman–Crippen MR) is 76.6 cm³/mol. The molecule has 4 nitrogen and oxygen atoms in total. The Hall–Kier alpha value is -0.940. The first-order chi connectivity index (χ1) is 9.25. The van der Waals surface area contributed by atoms with Gasteiger partial charge in [0.25, 0.3) is 0 Å². The number of ketones is 1. The fraction of sp³-hybridized carbons (Fsp3) is 0.643. The summed E-state index contributed by atoms with van der Waals surface area (Å²) in [6.45, 7) is 1.08. The van der Waals surface area contributed by atoms with E-state index in [1.54, 1.807) is 6.20 Å². The monoisotopic (exact) mass is 277 g/mol. The first kappa shape index (κ1) is 13.1. The number of aromatic nitrogens is 2. The maximum absolute atomic E-state index is 12.0. The van der Waals surface area contributed by atoms with Crippen molar-refractivity contribution in [1.82, 2.24) is 14.9 Å². The Morgan fingerprint density at radius 2 is 2.21 bits per heavy atom. The predicted octanol–water partition coefficient (Wildman–Crippen LogP) is 2.11. The average Bonchev–Trinajstić information content (AvgIpc) is 2.61. The summed E-state index contributed by atoms with van der Waals surface area (Å²) in [7, 11) is 2.13. The van der Waals surface area contributed by atoms with Crippen LogP contribution in [0.1, 0.15) is 47.2 Å². The highest BCUT2D eigenvalue weighted by atomic mass is 32.2. The third kappa shape index (κ3) is 2.67. The zero-order valence-corrected chi connectivity index (χ0v) is 12.1. The van der Waals surface area contributed by atoms with E-state index in [1.165, 1.54) is 5.75 Å². The Labute approximate surface area is 118 Å². The SMILES string of the molecule is CN1CCSCC1c1ncc2c(n1)CCCCC2=O. The van der Waals surface area contributed by atoms with Gasteiger partial charge in [-0.15, -0.1) is 0 Å². The molecule has 3 rings (SSSR count). The number of hydrogen-bond acceptors (Lipinski definition) is 5. The van der Waals surface area contributed by atoms with Gasteiger partial charge in [0.15, 0.2) is 5.78 Å². The number of hydrogen-bond donors (Lipinski definition) is 0. The lowest BCUT2D eigenvalue weighted by atomic mass is 10.1. The van der Waals surface area contributed by atoms with E-state index in [0.29, 0.717) is 12.5 Å². The minimum Gasteiger partial charge on any atom is -0.295 e. The standard InChI is InChI=1S/C14H19N3OS/c1-17-6-7-19-9-12(17)14-15-8-10-11(16-14)4-2-3-5-13(10)18/h8,12H,2-7,9H2,1H3. The molecule has 0 N–H and O–H groups in total. The fourth-order valence-corrected chi connectivity index (χ4v) is 3.90. The number of fused-ring (bicyclic) bond motifs is 1. The van der Waals surface area contributed by atoms with E-state index in [-0.39, 0.29) is 5.78 Å². The maximum Gasteiger partial charge on any atom is 0.166 e. The van der Waals surface area contributed by atoms with Crippen LogP contribution in [-0.2, 0) is 6.42 Å². The molecule has 0 spiro atoms. The Morgan fingerprint density at radius 3 is 3.05 bits per heavy atom. The molecule has 1 aromatic rings. The highest BCUT2D eigenvalue weighted by Crippen LogP contribution is 2.27. The lowest BCUT2D eigenvalue weighted by molar-refractivity contribution is 0.0981. The van der Waals surface area contributed by atoms with Crippen molar-refractivity contribution in [3.8, 4) is 0 Å². The van der Waals surface area contributed by atoms with Gasteiger partial charge in [-0.3, -0.25) is 9.69 Å². The minimum atomic E-state index is 0.213. The number of thioether (sulfide) groups is 1. The largest absolute Gasteiger partial charge is 0.295 e. The van der Waals surface area contributed by atoms with Crippen LogP contribution in [0.15, 0.2) is 6.20 Å². The zero-order chi connectivity index (χ0) is 13.2. The van der Waals surface area contributed by atoms with Crippen molar-refractivity contribution in [1.29, 1.82) is 0 Å². The quantitative estimate of drug-likeness (QED) is 0.736. The lowest BCUT2D eigenvalue weighted by Gasteiger charge is -2.31. The van der Waals surface area contributed by atoms with Crippen LogP contribution in [0.3, 0.4) is 0 Å². The van der Waals surface area contributed by atoms with E-state index in [0.717, 1.165) is 48.6 Å². The molecule has 1 aliphatic heterocycles. The Kier molecular flexibility index (Phi) is 3.84. The Balaban J connectivity index is 1.92. The highest BCUT2D eigenvalue weighted by Gasteiger charge is 2.25. The van der Waals surface area contributed by atoms with Crippen LogP contribution in [-0.4, -0.2) is 45.7 Å². The van der Waals surface area contributed by atoms with Gasteiger partial charge < -0.3 is 0 Å². The second-order valence-electron chi connectivity index (χ2n) is 5.29. The van der Waals surface area contributed by atoms with E-state index < -0.39 is 0 Å². The minimum absolute atomic E-state index is 0.213. The Bertz CT molecular complexity index is 492. The lowest BCUT2D eigenvalue weighted by Crippen LogP contribution is -2.34. The molecule has 1 unspecified atom stereocenters. The molecule has 2 aliphatic rings. The average molecular weight is 277 g/mol. The third-order valence-electron chi connectivity index (χ3n) is 3.95. The summed E-state index contributed by atoms with van der Waals surface area (Å²) in [6.07, 6.45) is 5.36. The summed E-state index contributed by atoms with van der Waals surface area (Å²) >= 11 is 1.96. The first-order valence-electron chi connectivity index (χ1n) is 6.92. The van der Waals surface area contributed by atoms with Gasteiger partial charge in [-0.2, -0.15) is 11.8 Å². The van der Waals surface area contributed by atoms with Crippen molar-refractivity contribution in [3.05, 3.63) is 23.3 Å². The van der Waals surface area contributed by atoms with Gasteiger partial charge in [0.2, 0.25) is 0 Å². The highest BCUT2D eigenvalue weighted by molar-refractivity contribution is 7.99. The van der Waals surface area contributed by atoms with Gasteiger partial charge in [-0.1, -0.05) is 0 Å². The van der Waals surface area contributed by atoms with Gasteiger partial charge >= 0.3 is 0 Å². The van der Waals surface area contributed by atoms with E-state index in [9.17, 15) is 4.79 Å². The molecule has 5 heteroatoms. The van der Waals surface area contributed by atoms with Gasteiger partial charge in [-0.05, 0) is 26.3 Å². The van der Waals surface area contributed by atoms with Crippen molar-refractivity contribution in [2.45, 2.75) is 31.7 Å². The van der Waals surface area contributed by atoms with Gasteiger partial charge in [0.1, 0.15) is 5.82 Å². The van der Waals surface area contributed by atoms with Crippen LogP contribution >= 0.6 is 11.8 Å². The molecule has 1 aliphatic carbocycles. The Morgan fingerprint density at radius 1 is 1.37 bits per heavy atom. The van der Waals surface area contributed by atoms with Gasteiger partial charge in [-0.25, -0.2) is 9.97 Å². The molecule has 0 radical (unpaired) electrons. The van der Waals surface area contributed by atoms with Crippen LogP contribution in [0.25, 0.3) is 0 Å². The molecule has 0 bridgehead atoms. The van der Waals surface area contributed by atoms with Gasteiger partial charge in [0, 0.05) is 30.7 Å². The summed E-state index contributed by atoms with van der Waals surface area (Å²) < 4.78 is 0. The molecule has 102 valence electrons. The first-order valence-corrected chi connectivity index (χ1v) is 8.08. The van der Waals surface area contributed by atoms with Crippen LogP contribution < -0.4 is 0 Å². The van der Waals surface area contributed by atoms with Gasteiger partial charge in [0.05, 0.1) is 17.3 Å². The zero-order valence-electron chi connectivity index (χ0n) is 11.3. The number of nitrogens with zero attached hydrogens (tertiary/aromatic N) is 3. The number of carbonyl (C=O) groups is 1. The molecule has 0 aromatic carbocycles. The smallest absolute Gasteiger partial charge is 0.166 e. The molecule has 1 fully saturated rings. The van der Waals surface area contributed by atoms with E-state index in [4.69, 9.17) is 4.98 Å². The molecule has 0 amide bonds. The maximum atomic E-state index is 12.0. The number of aryl methyl sites for hydroxylation is 1. The fourth-order valence-electron chi connectivity index (χ4n) is 2.69. The number of carbonyl (C=O) groups excluding carboxylic acids is 1. The summed E-state index contributed by atoms with van der Waals surface area (Å²) in [4.78, 5) is 23.5. The normalized spacial score (nSPS) is 24.9. The van der Waals surface area contributed by atoms with Crippen molar-refractivity contribution >= 4 is 17.5 Å². The van der Waals surface area contributed by atoms with Crippen LogP contribution in [0.5, 0.6) is 0 Å². The molecule has 19 heavy (non-hydrogen) atoms. The topological polar surface area (TPSA) is 46.1 Å². The van der Waals surface area contributed by atoms with E-state index >= 15 is 0 Å². The summed E-state index contributed by atoms with van der Waals surface area (Å²) in [6, 6.07) is 0.294. The second kappa shape index (κ2) is 5.59. The van der Waals surface area contributed by atoms with E-state index in [1.807, 2.05) is 11.8 Å². The summed E-state index contributed by atoms with van der Waals surface area (Å²) in [5, 5.41) is 0. The third-order valence-corrected chi connectivity index (χ3v) is 4.97. The van der Waals surface area contributed by atoms with Crippen molar-refractivity contribution in [2.24, 2.45) is 0 Å².